The molecular weight excluding hydrogens is 175 g/mol. The number of aliphatic hydroxyl groups is 1. The van der Waals surface area contributed by atoms with Gasteiger partial charge in [-0.2, -0.15) is 0 Å². The van der Waals surface area contributed by atoms with Gasteiger partial charge in [-0.05, 0) is 11.8 Å². The van der Waals surface area contributed by atoms with Crippen molar-refractivity contribution in [2.45, 2.75) is 20.3 Å². The molecule has 0 radical (unpaired) electrons. The zero-order valence-electron chi connectivity index (χ0n) is 8.33. The highest BCUT2D eigenvalue weighted by Crippen LogP contribution is 2.39. The van der Waals surface area contributed by atoms with E-state index in [0.717, 1.165) is 0 Å². The number of rotatable bonds is 5. The van der Waals surface area contributed by atoms with Crippen LogP contribution >= 0.6 is 7.37 Å². The van der Waals surface area contributed by atoms with Crippen molar-refractivity contribution in [2.24, 2.45) is 5.41 Å². The molecule has 0 aliphatic carbocycles. The van der Waals surface area contributed by atoms with Crippen LogP contribution in [0.25, 0.3) is 0 Å². The summed E-state index contributed by atoms with van der Waals surface area (Å²) in [7, 11) is -2.37. The van der Waals surface area contributed by atoms with Crippen LogP contribution in [-0.4, -0.2) is 31.6 Å². The fourth-order valence-electron chi connectivity index (χ4n) is 0.705. The van der Waals surface area contributed by atoms with Crippen LogP contribution in [0.5, 0.6) is 0 Å². The fraction of sp³-hybridized carbons (Fsp3) is 1.00. The molecule has 0 heterocycles. The lowest BCUT2D eigenvalue weighted by Gasteiger charge is -2.24. The van der Waals surface area contributed by atoms with Gasteiger partial charge in [0.25, 0.3) is 0 Å². The first-order valence-electron chi connectivity index (χ1n) is 4.07. The maximum Gasteiger partial charge on any atom is 0.197 e. The SMILES string of the molecule is CC(C)(CCO)COP(C)(C)=O. The van der Waals surface area contributed by atoms with Crippen molar-refractivity contribution in [2.75, 3.05) is 26.5 Å². The third kappa shape index (κ3) is 6.84. The highest BCUT2D eigenvalue weighted by atomic mass is 31.2. The molecule has 0 saturated carbocycles. The van der Waals surface area contributed by atoms with Gasteiger partial charge in [-0.1, -0.05) is 13.8 Å². The standard InChI is InChI=1S/C8H19O3P/c1-8(2,5-6-9)7-11-12(3,4)10/h9H,5-7H2,1-4H3. The maximum atomic E-state index is 11.2. The highest BCUT2D eigenvalue weighted by Gasteiger charge is 2.20. The summed E-state index contributed by atoms with van der Waals surface area (Å²) in [6, 6.07) is 0. The molecule has 1 N–H and O–H groups in total. The van der Waals surface area contributed by atoms with Gasteiger partial charge in [0.1, 0.15) is 0 Å². The Hall–Kier alpha value is 0.150. The summed E-state index contributed by atoms with van der Waals surface area (Å²) in [5.74, 6) is 0. The number of aliphatic hydroxyl groups excluding tert-OH is 1. The molecule has 0 fully saturated rings. The van der Waals surface area contributed by atoms with E-state index in [1.165, 1.54) is 0 Å². The predicted octanol–water partition coefficient (Wildman–Crippen LogP) is 1.95. The second kappa shape index (κ2) is 4.40. The first kappa shape index (κ1) is 12.2. The van der Waals surface area contributed by atoms with Gasteiger partial charge in [-0.3, -0.25) is 4.57 Å². The molecule has 0 bridgehead atoms. The molecule has 4 heteroatoms. The van der Waals surface area contributed by atoms with E-state index in [9.17, 15) is 4.57 Å². The molecule has 0 amide bonds. The van der Waals surface area contributed by atoms with Gasteiger partial charge in [-0.25, -0.2) is 0 Å². The topological polar surface area (TPSA) is 46.5 Å². The minimum Gasteiger partial charge on any atom is -0.396 e. The molecule has 0 aromatic carbocycles. The molecule has 0 saturated heterocycles. The predicted molar refractivity (Wildman–Crippen MR) is 50.9 cm³/mol. The molecule has 0 unspecified atom stereocenters. The van der Waals surface area contributed by atoms with E-state index in [4.69, 9.17) is 9.63 Å². The van der Waals surface area contributed by atoms with E-state index in [0.29, 0.717) is 13.0 Å². The Bertz CT molecular complexity index is 171. The van der Waals surface area contributed by atoms with Crippen molar-refractivity contribution in [1.82, 2.24) is 0 Å². The van der Waals surface area contributed by atoms with Gasteiger partial charge >= 0.3 is 0 Å². The minimum atomic E-state index is -2.37. The van der Waals surface area contributed by atoms with Crippen molar-refractivity contribution < 1.29 is 14.2 Å². The molecule has 74 valence electrons. The third-order valence-electron chi connectivity index (χ3n) is 1.55. The lowest BCUT2D eigenvalue weighted by molar-refractivity contribution is 0.140. The fourth-order valence-corrected chi connectivity index (χ4v) is 1.37. The van der Waals surface area contributed by atoms with Crippen molar-refractivity contribution >= 4 is 7.37 Å². The largest absolute Gasteiger partial charge is 0.396 e. The summed E-state index contributed by atoms with van der Waals surface area (Å²) < 4.78 is 16.4. The van der Waals surface area contributed by atoms with Crippen LogP contribution in [0.1, 0.15) is 20.3 Å². The van der Waals surface area contributed by atoms with Crippen LogP contribution in [0.2, 0.25) is 0 Å². The van der Waals surface area contributed by atoms with Crippen LogP contribution in [0.3, 0.4) is 0 Å². The van der Waals surface area contributed by atoms with E-state index < -0.39 is 7.37 Å². The lowest BCUT2D eigenvalue weighted by Crippen LogP contribution is -2.19. The minimum absolute atomic E-state index is 0.0869. The molecule has 0 spiro atoms. The van der Waals surface area contributed by atoms with E-state index in [-0.39, 0.29) is 12.0 Å². The van der Waals surface area contributed by atoms with Crippen molar-refractivity contribution in [3.8, 4) is 0 Å². The quantitative estimate of drug-likeness (QED) is 0.680. The smallest absolute Gasteiger partial charge is 0.197 e. The zero-order chi connectivity index (χ0) is 9.83. The second-order valence-corrected chi connectivity index (χ2v) is 6.93. The Morgan fingerprint density at radius 1 is 1.42 bits per heavy atom. The first-order valence-corrected chi connectivity index (χ1v) is 6.59. The molecule has 0 rings (SSSR count). The van der Waals surface area contributed by atoms with Crippen LogP contribution in [0, 0.1) is 5.41 Å². The monoisotopic (exact) mass is 194 g/mol. The van der Waals surface area contributed by atoms with Crippen LogP contribution in [0.15, 0.2) is 0 Å². The van der Waals surface area contributed by atoms with Gasteiger partial charge < -0.3 is 9.63 Å². The normalized spacial score (nSPS) is 13.4. The summed E-state index contributed by atoms with van der Waals surface area (Å²) in [5.41, 5.74) is -0.0869. The molecular formula is C8H19O3P. The Balaban J connectivity index is 3.83. The number of hydrogen-bond donors (Lipinski definition) is 1. The zero-order valence-corrected chi connectivity index (χ0v) is 9.23. The van der Waals surface area contributed by atoms with Crippen LogP contribution in [-0.2, 0) is 9.09 Å². The number of hydrogen-bond acceptors (Lipinski definition) is 3. The van der Waals surface area contributed by atoms with Crippen molar-refractivity contribution in [1.29, 1.82) is 0 Å². The van der Waals surface area contributed by atoms with Crippen LogP contribution in [0.4, 0.5) is 0 Å². The van der Waals surface area contributed by atoms with E-state index in [2.05, 4.69) is 0 Å². The Morgan fingerprint density at radius 3 is 2.25 bits per heavy atom. The van der Waals surface area contributed by atoms with Gasteiger partial charge in [0.05, 0.1) is 6.61 Å². The molecule has 0 aliphatic heterocycles. The molecule has 12 heavy (non-hydrogen) atoms. The summed E-state index contributed by atoms with van der Waals surface area (Å²) >= 11 is 0. The maximum absolute atomic E-state index is 11.2. The molecule has 0 aliphatic rings. The van der Waals surface area contributed by atoms with Gasteiger partial charge in [0, 0.05) is 19.9 Å². The van der Waals surface area contributed by atoms with Gasteiger partial charge in [0.2, 0.25) is 0 Å². The van der Waals surface area contributed by atoms with Gasteiger partial charge in [0.15, 0.2) is 7.37 Å². The Kier molecular flexibility index (Phi) is 4.46. The Morgan fingerprint density at radius 2 is 1.92 bits per heavy atom. The molecule has 0 aromatic rings. The molecule has 0 atom stereocenters. The average molecular weight is 194 g/mol. The van der Waals surface area contributed by atoms with E-state index >= 15 is 0 Å². The third-order valence-corrected chi connectivity index (χ3v) is 2.31. The van der Waals surface area contributed by atoms with Crippen molar-refractivity contribution in [3.05, 3.63) is 0 Å². The van der Waals surface area contributed by atoms with Crippen LogP contribution < -0.4 is 0 Å². The van der Waals surface area contributed by atoms with Gasteiger partial charge in [-0.15, -0.1) is 0 Å². The van der Waals surface area contributed by atoms with E-state index in [1.807, 2.05) is 13.8 Å². The Labute approximate surface area is 74.6 Å². The van der Waals surface area contributed by atoms with Crippen molar-refractivity contribution in [3.63, 3.8) is 0 Å². The summed E-state index contributed by atoms with van der Waals surface area (Å²) in [6.45, 7) is 7.76. The average Bonchev–Trinajstić information content (AvgIpc) is 1.83. The van der Waals surface area contributed by atoms with E-state index in [1.54, 1.807) is 13.3 Å². The first-order chi connectivity index (χ1) is 5.27. The molecule has 0 aromatic heterocycles. The highest BCUT2D eigenvalue weighted by molar-refractivity contribution is 7.57. The lowest BCUT2D eigenvalue weighted by atomic mass is 9.91. The summed E-state index contributed by atoms with van der Waals surface area (Å²) in [5, 5.41) is 8.71. The summed E-state index contributed by atoms with van der Waals surface area (Å²) in [6.07, 6.45) is 0.674. The summed E-state index contributed by atoms with van der Waals surface area (Å²) in [4.78, 5) is 0. The second-order valence-electron chi connectivity index (χ2n) is 4.16. The molecule has 3 nitrogen and oxygen atoms in total.